The topological polar surface area (TPSA) is 55.8 Å². The summed E-state index contributed by atoms with van der Waals surface area (Å²) in [6.07, 6.45) is -0.408. The molecule has 0 aliphatic rings. The van der Waals surface area contributed by atoms with Crippen LogP contribution in [0.25, 0.3) is 0 Å². The number of carbonyl (C=O) groups excluding carboxylic acids is 2. The van der Waals surface area contributed by atoms with Crippen molar-refractivity contribution in [3.05, 3.63) is 24.3 Å². The normalized spacial score (nSPS) is 11.8. The molecule has 0 fully saturated rings. The summed E-state index contributed by atoms with van der Waals surface area (Å²) in [6.45, 7) is 8.55. The van der Waals surface area contributed by atoms with Gasteiger partial charge in [0.05, 0.1) is 18.3 Å². The fourth-order valence-corrected chi connectivity index (χ4v) is 0.701. The number of ether oxygens (including phenoxy) is 2. The maximum absolute atomic E-state index is 11.5. The zero-order valence-corrected chi connectivity index (χ0v) is 10.1. The van der Waals surface area contributed by atoms with Crippen LogP contribution in [0, 0.1) is 0 Å². The smallest absolute Gasteiger partial charge is 0.339 e. The van der Waals surface area contributed by atoms with Gasteiger partial charge < -0.3 is 9.47 Å². The molecule has 1 unspecified atom stereocenters. The number of hydrogen-bond donors (Lipinski definition) is 0. The highest BCUT2D eigenvalue weighted by atomic mass is 16.6. The first-order chi connectivity index (χ1) is 7.31. The molecule has 0 saturated carbocycles. The summed E-state index contributed by atoms with van der Waals surface area (Å²) >= 11 is 0. The molecule has 0 rings (SSSR count). The van der Waals surface area contributed by atoms with Gasteiger partial charge in [-0.2, -0.15) is 0 Å². The predicted molar refractivity (Wildman–Crippen MR) is 59.5 cm³/mol. The van der Waals surface area contributed by atoms with Gasteiger partial charge in [0, 0.05) is 0 Å². The molecule has 0 aromatic heterocycles. The lowest BCUT2D eigenvalue weighted by Gasteiger charge is -2.20. The molecule has 0 aromatic rings. The number of methoxy groups -OCH3 is 1. The van der Waals surface area contributed by atoms with Gasteiger partial charge in [-0.05, 0) is 21.0 Å². The van der Waals surface area contributed by atoms with E-state index in [4.69, 9.17) is 4.74 Å². The summed E-state index contributed by atoms with van der Waals surface area (Å²) in [7, 11) is 4.72. The zero-order chi connectivity index (χ0) is 12.9. The molecule has 0 heterocycles. The second-order valence-corrected chi connectivity index (χ2v) is 3.42. The van der Waals surface area contributed by atoms with Gasteiger partial charge in [0.2, 0.25) is 0 Å². The monoisotopic (exact) mass is 227 g/mol. The fourth-order valence-electron chi connectivity index (χ4n) is 0.701. The third-order valence-corrected chi connectivity index (χ3v) is 2.05. The van der Waals surface area contributed by atoms with Crippen molar-refractivity contribution in [1.29, 1.82) is 0 Å². The lowest BCUT2D eigenvalue weighted by atomic mass is 10.1. The van der Waals surface area contributed by atoms with E-state index >= 15 is 0 Å². The van der Waals surface area contributed by atoms with Crippen molar-refractivity contribution in [3.63, 3.8) is 0 Å². The van der Waals surface area contributed by atoms with Crippen molar-refractivity contribution in [2.24, 2.45) is 0 Å². The van der Waals surface area contributed by atoms with Crippen molar-refractivity contribution in [2.45, 2.75) is 13.2 Å². The highest BCUT2D eigenvalue weighted by molar-refractivity contribution is 6.06. The van der Waals surface area contributed by atoms with Crippen LogP contribution in [-0.2, 0) is 19.1 Å². The second-order valence-electron chi connectivity index (χ2n) is 3.42. The Morgan fingerprint density at radius 3 is 1.94 bits per heavy atom. The average molecular weight is 227 g/mol. The largest absolute Gasteiger partial charge is 0.465 e. The second kappa shape index (κ2) is 6.07. The lowest BCUT2D eigenvalue weighted by Crippen LogP contribution is -2.31. The third kappa shape index (κ3) is 3.86. The molecular weight excluding hydrogens is 210 g/mol. The Morgan fingerprint density at radius 2 is 1.56 bits per heavy atom. The molecule has 5 heteroatoms. The van der Waals surface area contributed by atoms with E-state index in [1.54, 1.807) is 25.9 Å². The minimum atomic E-state index is -0.695. The molecule has 16 heavy (non-hydrogen) atoms. The fraction of sp³-hybridized carbons (Fsp3) is 0.455. The Morgan fingerprint density at radius 1 is 1.12 bits per heavy atom. The molecule has 0 aliphatic heterocycles. The third-order valence-electron chi connectivity index (χ3n) is 2.05. The summed E-state index contributed by atoms with van der Waals surface area (Å²) in [4.78, 5) is 24.3. The first kappa shape index (κ1) is 14.4. The van der Waals surface area contributed by atoms with E-state index in [2.05, 4.69) is 17.9 Å². The van der Waals surface area contributed by atoms with E-state index in [1.807, 2.05) is 0 Å². The van der Waals surface area contributed by atoms with Gasteiger partial charge in [-0.15, -0.1) is 0 Å². The number of nitrogens with zero attached hydrogens (tertiary/aromatic N) is 1. The molecule has 0 aliphatic carbocycles. The van der Waals surface area contributed by atoms with Gasteiger partial charge in [-0.3, -0.25) is 4.90 Å². The summed E-state index contributed by atoms with van der Waals surface area (Å²) in [5, 5.41) is 0. The van der Waals surface area contributed by atoms with E-state index in [0.29, 0.717) is 0 Å². The summed E-state index contributed by atoms with van der Waals surface area (Å²) in [5.41, 5.74) is -0.195. The summed E-state index contributed by atoms with van der Waals surface area (Å²) in [5.74, 6) is -1.38. The molecule has 0 bridgehead atoms. The SMILES string of the molecule is C=C(C(=C)C(=O)OC(C)N(C)C)C(=O)OC. The van der Waals surface area contributed by atoms with E-state index in [9.17, 15) is 9.59 Å². The first-order valence-electron chi connectivity index (χ1n) is 4.65. The number of hydrogen-bond acceptors (Lipinski definition) is 5. The molecule has 0 amide bonds. The summed E-state index contributed by atoms with van der Waals surface area (Å²) in [6, 6.07) is 0. The Kier molecular flexibility index (Phi) is 5.46. The maximum atomic E-state index is 11.5. The first-order valence-corrected chi connectivity index (χ1v) is 4.65. The van der Waals surface area contributed by atoms with Gasteiger partial charge in [0.1, 0.15) is 0 Å². The Balaban J connectivity index is 4.46. The number of rotatable bonds is 5. The number of carbonyl (C=O) groups is 2. The molecule has 1 atom stereocenters. The quantitative estimate of drug-likeness (QED) is 0.300. The van der Waals surface area contributed by atoms with Crippen LogP contribution in [0.1, 0.15) is 6.92 Å². The predicted octanol–water partition coefficient (Wildman–Crippen LogP) is 0.723. The van der Waals surface area contributed by atoms with Gasteiger partial charge in [0.25, 0.3) is 0 Å². The maximum Gasteiger partial charge on any atom is 0.339 e. The van der Waals surface area contributed by atoms with Gasteiger partial charge in [-0.25, -0.2) is 9.59 Å². The standard InChI is InChI=1S/C11H17NO4/c1-7(10(13)15-6)8(2)11(14)16-9(3)12(4)5/h9H,1-2H2,3-6H3. The van der Waals surface area contributed by atoms with Crippen LogP contribution >= 0.6 is 0 Å². The van der Waals surface area contributed by atoms with Crippen LogP contribution in [0.5, 0.6) is 0 Å². The van der Waals surface area contributed by atoms with Gasteiger partial charge >= 0.3 is 11.9 Å². The van der Waals surface area contributed by atoms with Crippen molar-refractivity contribution in [2.75, 3.05) is 21.2 Å². The summed E-state index contributed by atoms with van der Waals surface area (Å²) < 4.78 is 9.43. The number of esters is 2. The van der Waals surface area contributed by atoms with Crippen LogP contribution in [-0.4, -0.2) is 44.3 Å². The van der Waals surface area contributed by atoms with Crippen LogP contribution in [0.15, 0.2) is 24.3 Å². The van der Waals surface area contributed by atoms with Gasteiger partial charge in [-0.1, -0.05) is 13.2 Å². The van der Waals surface area contributed by atoms with E-state index < -0.39 is 18.2 Å². The van der Waals surface area contributed by atoms with Crippen LogP contribution in [0.3, 0.4) is 0 Å². The highest BCUT2D eigenvalue weighted by Gasteiger charge is 2.20. The molecule has 0 radical (unpaired) electrons. The van der Waals surface area contributed by atoms with Crippen LogP contribution in [0.2, 0.25) is 0 Å². The molecule has 90 valence electrons. The molecule has 0 saturated heterocycles. The van der Waals surface area contributed by atoms with E-state index in [-0.39, 0.29) is 11.1 Å². The van der Waals surface area contributed by atoms with Crippen LogP contribution < -0.4 is 0 Å². The Bertz CT molecular complexity index is 320. The molecular formula is C11H17NO4. The zero-order valence-electron chi connectivity index (χ0n) is 10.1. The minimum absolute atomic E-state index is 0.0967. The lowest BCUT2D eigenvalue weighted by molar-refractivity contribution is -0.151. The molecule has 5 nitrogen and oxygen atoms in total. The minimum Gasteiger partial charge on any atom is -0.465 e. The van der Waals surface area contributed by atoms with Gasteiger partial charge in [0.15, 0.2) is 6.23 Å². The highest BCUT2D eigenvalue weighted by Crippen LogP contribution is 2.10. The Labute approximate surface area is 95.3 Å². The van der Waals surface area contributed by atoms with Crippen molar-refractivity contribution >= 4 is 11.9 Å². The van der Waals surface area contributed by atoms with Crippen molar-refractivity contribution in [1.82, 2.24) is 4.90 Å². The molecule has 0 spiro atoms. The van der Waals surface area contributed by atoms with E-state index in [1.165, 1.54) is 7.11 Å². The van der Waals surface area contributed by atoms with Crippen LogP contribution in [0.4, 0.5) is 0 Å². The molecule has 0 aromatic carbocycles. The Hall–Kier alpha value is -1.62. The molecule has 0 N–H and O–H groups in total. The van der Waals surface area contributed by atoms with E-state index in [0.717, 1.165) is 0 Å². The van der Waals surface area contributed by atoms with Crippen molar-refractivity contribution in [3.8, 4) is 0 Å². The average Bonchev–Trinajstić information content (AvgIpc) is 2.25. The van der Waals surface area contributed by atoms with Crippen molar-refractivity contribution < 1.29 is 19.1 Å².